The molecule has 2 aromatic rings. The molecule has 0 saturated carbocycles. The maximum Gasteiger partial charge on any atom is 0.357 e. The van der Waals surface area contributed by atoms with Gasteiger partial charge in [-0.25, -0.2) is 9.78 Å². The molecule has 1 heterocycles. The van der Waals surface area contributed by atoms with Gasteiger partial charge in [0.05, 0.1) is 13.2 Å². The van der Waals surface area contributed by atoms with E-state index in [2.05, 4.69) is 10.3 Å². The fraction of sp³-hybridized carbons (Fsp3) is 0.214. The van der Waals surface area contributed by atoms with Crippen molar-refractivity contribution in [2.24, 2.45) is 0 Å². The van der Waals surface area contributed by atoms with Gasteiger partial charge in [0, 0.05) is 10.9 Å². The molecule has 104 valence electrons. The molecule has 1 aromatic carbocycles. The molecule has 6 heteroatoms. The number of amides is 1. The van der Waals surface area contributed by atoms with Crippen LogP contribution in [0.15, 0.2) is 35.7 Å². The van der Waals surface area contributed by atoms with Crippen molar-refractivity contribution in [1.29, 1.82) is 0 Å². The van der Waals surface area contributed by atoms with Crippen LogP contribution in [0.2, 0.25) is 0 Å². The normalized spacial score (nSPS) is 10.1. The largest absolute Gasteiger partial charge is 0.461 e. The first-order valence-electron chi connectivity index (χ1n) is 6.15. The van der Waals surface area contributed by atoms with Crippen molar-refractivity contribution in [2.45, 2.75) is 13.5 Å². The first-order valence-corrected chi connectivity index (χ1v) is 7.03. The molecule has 0 atom stereocenters. The lowest BCUT2D eigenvalue weighted by Crippen LogP contribution is -2.22. The van der Waals surface area contributed by atoms with Crippen molar-refractivity contribution in [3.8, 4) is 0 Å². The third-order valence-corrected chi connectivity index (χ3v) is 3.32. The second-order valence-corrected chi connectivity index (χ2v) is 4.84. The van der Waals surface area contributed by atoms with Crippen molar-refractivity contribution in [1.82, 2.24) is 10.3 Å². The molecule has 0 bridgehead atoms. The lowest BCUT2D eigenvalue weighted by atomic mass is 10.2. The minimum Gasteiger partial charge on any atom is -0.461 e. The molecule has 0 aliphatic rings. The molecule has 5 nitrogen and oxygen atoms in total. The van der Waals surface area contributed by atoms with E-state index in [1.165, 1.54) is 11.3 Å². The number of ether oxygens (including phenoxy) is 1. The molecule has 1 N–H and O–H groups in total. The number of carbonyl (C=O) groups excluding carboxylic acids is 2. The Kier molecular flexibility index (Phi) is 4.84. The van der Waals surface area contributed by atoms with Gasteiger partial charge in [0.2, 0.25) is 0 Å². The number of hydrogen-bond acceptors (Lipinski definition) is 5. The van der Waals surface area contributed by atoms with Crippen LogP contribution in [0, 0.1) is 0 Å². The van der Waals surface area contributed by atoms with Crippen LogP contribution >= 0.6 is 11.3 Å². The number of nitrogens with zero attached hydrogens (tertiary/aromatic N) is 1. The van der Waals surface area contributed by atoms with E-state index >= 15 is 0 Å². The summed E-state index contributed by atoms with van der Waals surface area (Å²) >= 11 is 1.31. The first kappa shape index (κ1) is 14.2. The highest BCUT2D eigenvalue weighted by atomic mass is 32.1. The molecular weight excluding hydrogens is 276 g/mol. The Balaban J connectivity index is 1.92. The Morgan fingerprint density at radius 3 is 2.75 bits per heavy atom. The fourth-order valence-corrected chi connectivity index (χ4v) is 2.24. The van der Waals surface area contributed by atoms with Crippen LogP contribution in [0.3, 0.4) is 0 Å². The number of aromatic nitrogens is 1. The van der Waals surface area contributed by atoms with E-state index in [0.717, 1.165) is 0 Å². The van der Waals surface area contributed by atoms with Crippen LogP contribution in [0.1, 0.15) is 32.8 Å². The van der Waals surface area contributed by atoms with Crippen molar-refractivity contribution in [3.05, 3.63) is 52.0 Å². The van der Waals surface area contributed by atoms with Gasteiger partial charge in [0.15, 0.2) is 5.69 Å². The molecule has 1 aromatic heterocycles. The molecule has 1 amide bonds. The van der Waals surface area contributed by atoms with Gasteiger partial charge in [-0.3, -0.25) is 4.79 Å². The Labute approximate surface area is 120 Å². The van der Waals surface area contributed by atoms with Crippen LogP contribution in [0.4, 0.5) is 0 Å². The number of esters is 1. The summed E-state index contributed by atoms with van der Waals surface area (Å²) in [6, 6.07) is 8.93. The van der Waals surface area contributed by atoms with Gasteiger partial charge in [-0.2, -0.15) is 0 Å². The standard InChI is InChI=1S/C14H14N2O3S/c1-2-19-14(18)11-9-20-12(16-11)8-15-13(17)10-6-4-3-5-7-10/h3-7,9H,2,8H2,1H3,(H,15,17). The van der Waals surface area contributed by atoms with E-state index in [1.54, 1.807) is 36.6 Å². The number of nitrogens with one attached hydrogen (secondary N) is 1. The number of rotatable bonds is 5. The van der Waals surface area contributed by atoms with E-state index in [0.29, 0.717) is 17.2 Å². The Morgan fingerprint density at radius 2 is 2.05 bits per heavy atom. The van der Waals surface area contributed by atoms with Crippen molar-refractivity contribution in [2.75, 3.05) is 6.61 Å². The Morgan fingerprint density at radius 1 is 1.30 bits per heavy atom. The average Bonchev–Trinajstić information content (AvgIpc) is 2.95. The van der Waals surface area contributed by atoms with Gasteiger partial charge in [-0.15, -0.1) is 11.3 Å². The zero-order valence-electron chi connectivity index (χ0n) is 11.0. The van der Waals surface area contributed by atoms with Crippen molar-refractivity contribution in [3.63, 3.8) is 0 Å². The lowest BCUT2D eigenvalue weighted by molar-refractivity contribution is 0.0520. The number of thiazole rings is 1. The maximum absolute atomic E-state index is 11.8. The van der Waals surface area contributed by atoms with Gasteiger partial charge < -0.3 is 10.1 Å². The Hall–Kier alpha value is -2.21. The number of hydrogen-bond donors (Lipinski definition) is 1. The van der Waals surface area contributed by atoms with E-state index in [1.807, 2.05) is 6.07 Å². The highest BCUT2D eigenvalue weighted by Gasteiger charge is 2.12. The second-order valence-electron chi connectivity index (χ2n) is 3.90. The van der Waals surface area contributed by atoms with Crippen LogP contribution in [0.25, 0.3) is 0 Å². The molecule has 0 saturated heterocycles. The number of carbonyl (C=O) groups is 2. The van der Waals surface area contributed by atoms with Crippen LogP contribution < -0.4 is 5.32 Å². The first-order chi connectivity index (χ1) is 9.70. The topological polar surface area (TPSA) is 68.3 Å². The highest BCUT2D eigenvalue weighted by molar-refractivity contribution is 7.09. The monoisotopic (exact) mass is 290 g/mol. The summed E-state index contributed by atoms with van der Waals surface area (Å²) < 4.78 is 4.85. The second kappa shape index (κ2) is 6.81. The van der Waals surface area contributed by atoms with Crippen LogP contribution in [0.5, 0.6) is 0 Å². The van der Waals surface area contributed by atoms with Gasteiger partial charge >= 0.3 is 5.97 Å². The van der Waals surface area contributed by atoms with E-state index in [-0.39, 0.29) is 18.1 Å². The summed E-state index contributed by atoms with van der Waals surface area (Å²) in [5, 5.41) is 5.05. The van der Waals surface area contributed by atoms with Gasteiger partial charge in [-0.05, 0) is 19.1 Å². The predicted octanol–water partition coefficient (Wildman–Crippen LogP) is 2.25. The summed E-state index contributed by atoms with van der Waals surface area (Å²) in [4.78, 5) is 27.4. The lowest BCUT2D eigenvalue weighted by Gasteiger charge is -2.02. The minimum absolute atomic E-state index is 0.168. The molecular formula is C14H14N2O3S. The van der Waals surface area contributed by atoms with Crippen molar-refractivity contribution < 1.29 is 14.3 Å². The van der Waals surface area contributed by atoms with Gasteiger partial charge in [0.25, 0.3) is 5.91 Å². The quantitative estimate of drug-likeness (QED) is 0.858. The highest BCUT2D eigenvalue weighted by Crippen LogP contribution is 2.11. The van der Waals surface area contributed by atoms with Crippen LogP contribution in [-0.4, -0.2) is 23.5 Å². The zero-order valence-corrected chi connectivity index (χ0v) is 11.8. The van der Waals surface area contributed by atoms with Gasteiger partial charge in [-0.1, -0.05) is 18.2 Å². The summed E-state index contributed by atoms with van der Waals surface area (Å²) in [5.74, 6) is -0.608. The smallest absolute Gasteiger partial charge is 0.357 e. The molecule has 2 rings (SSSR count). The summed E-state index contributed by atoms with van der Waals surface area (Å²) in [6.45, 7) is 2.35. The molecule has 0 unspecified atom stereocenters. The summed E-state index contributed by atoms with van der Waals surface area (Å²) in [6.07, 6.45) is 0. The summed E-state index contributed by atoms with van der Waals surface area (Å²) in [7, 11) is 0. The molecule has 20 heavy (non-hydrogen) atoms. The van der Waals surface area contributed by atoms with E-state index < -0.39 is 5.97 Å². The SMILES string of the molecule is CCOC(=O)c1csc(CNC(=O)c2ccccc2)n1. The third kappa shape index (κ3) is 3.64. The predicted molar refractivity (Wildman–Crippen MR) is 75.7 cm³/mol. The Bertz CT molecular complexity index is 595. The van der Waals surface area contributed by atoms with Crippen molar-refractivity contribution >= 4 is 23.2 Å². The van der Waals surface area contributed by atoms with E-state index in [4.69, 9.17) is 4.74 Å². The zero-order chi connectivity index (χ0) is 14.4. The molecule has 0 fully saturated rings. The van der Waals surface area contributed by atoms with E-state index in [9.17, 15) is 9.59 Å². The molecule has 0 spiro atoms. The summed E-state index contributed by atoms with van der Waals surface area (Å²) in [5.41, 5.74) is 0.871. The maximum atomic E-state index is 11.8. The number of benzene rings is 1. The fourth-order valence-electron chi connectivity index (χ4n) is 1.54. The third-order valence-electron chi connectivity index (χ3n) is 2.47. The van der Waals surface area contributed by atoms with Gasteiger partial charge in [0.1, 0.15) is 5.01 Å². The minimum atomic E-state index is -0.440. The average molecular weight is 290 g/mol. The molecule has 0 aliphatic carbocycles. The van der Waals surface area contributed by atoms with Crippen LogP contribution in [-0.2, 0) is 11.3 Å². The molecule has 0 aliphatic heterocycles. The molecule has 0 radical (unpaired) electrons.